The molecule has 0 amide bonds. The van der Waals surface area contributed by atoms with Crippen molar-refractivity contribution in [3.05, 3.63) is 82.9 Å². The van der Waals surface area contributed by atoms with Gasteiger partial charge in [-0.1, -0.05) is 48.4 Å². The van der Waals surface area contributed by atoms with Crippen molar-refractivity contribution in [1.82, 2.24) is 10.3 Å². The molecule has 0 saturated carbocycles. The van der Waals surface area contributed by atoms with E-state index < -0.39 is 0 Å². The SMILES string of the molecule is CCNC1CCN(c2c(/C=C(\C)c3cccc(F)c3)cncc2-c2cc(C)cc(C)c2)CC1. The van der Waals surface area contributed by atoms with Gasteiger partial charge in [-0.05, 0) is 75.1 Å². The minimum absolute atomic E-state index is 0.215. The molecule has 0 atom stereocenters. The Kier molecular flexibility index (Phi) is 7.24. The second-order valence-corrected chi connectivity index (χ2v) is 9.16. The van der Waals surface area contributed by atoms with E-state index in [1.807, 2.05) is 25.4 Å². The lowest BCUT2D eigenvalue weighted by atomic mass is 9.95. The summed E-state index contributed by atoms with van der Waals surface area (Å²) in [6, 6.07) is 14.1. The standard InChI is InChI=1S/C29H34FN3/c1-5-32-27-9-11-33(12-10-27)29-25(16-22(4)23-7-6-8-26(30)17-23)18-31-19-28(29)24-14-20(2)13-21(3)15-24/h6-8,13-19,27,32H,5,9-12H2,1-4H3/b22-16+. The predicted molar refractivity (Wildman–Crippen MR) is 138 cm³/mol. The first-order valence-electron chi connectivity index (χ1n) is 11.9. The van der Waals surface area contributed by atoms with Gasteiger partial charge in [0.25, 0.3) is 0 Å². The van der Waals surface area contributed by atoms with Crippen molar-refractivity contribution in [3.63, 3.8) is 0 Å². The summed E-state index contributed by atoms with van der Waals surface area (Å²) in [6.45, 7) is 11.5. The predicted octanol–water partition coefficient (Wildman–Crippen LogP) is 6.64. The first-order chi connectivity index (χ1) is 15.9. The van der Waals surface area contributed by atoms with Gasteiger partial charge in [0, 0.05) is 42.7 Å². The molecule has 0 radical (unpaired) electrons. The van der Waals surface area contributed by atoms with Crippen molar-refractivity contribution in [3.8, 4) is 11.1 Å². The van der Waals surface area contributed by atoms with E-state index in [-0.39, 0.29) is 5.82 Å². The lowest BCUT2D eigenvalue weighted by molar-refractivity contribution is 0.424. The molecular weight excluding hydrogens is 409 g/mol. The fourth-order valence-electron chi connectivity index (χ4n) is 4.92. The van der Waals surface area contributed by atoms with Crippen LogP contribution in [0.4, 0.5) is 10.1 Å². The molecule has 0 unspecified atom stereocenters. The van der Waals surface area contributed by atoms with Gasteiger partial charge in [-0.2, -0.15) is 0 Å². The summed E-state index contributed by atoms with van der Waals surface area (Å²) < 4.78 is 13.8. The van der Waals surface area contributed by atoms with Crippen LogP contribution < -0.4 is 10.2 Å². The summed E-state index contributed by atoms with van der Waals surface area (Å²) in [5.74, 6) is -0.215. The molecule has 1 aromatic heterocycles. The van der Waals surface area contributed by atoms with Crippen molar-refractivity contribution in [1.29, 1.82) is 0 Å². The molecule has 1 aliphatic heterocycles. The van der Waals surface area contributed by atoms with Crippen LogP contribution in [0.1, 0.15) is 48.9 Å². The van der Waals surface area contributed by atoms with Gasteiger partial charge in [0.05, 0.1) is 5.69 Å². The van der Waals surface area contributed by atoms with Crippen LogP contribution in [0.3, 0.4) is 0 Å². The first kappa shape index (κ1) is 23.2. The maximum absolute atomic E-state index is 13.8. The fourth-order valence-corrected chi connectivity index (χ4v) is 4.92. The van der Waals surface area contributed by atoms with Crippen molar-refractivity contribution >= 4 is 17.3 Å². The number of allylic oxidation sites excluding steroid dienone is 1. The molecule has 2 aromatic carbocycles. The number of rotatable bonds is 6. The Balaban J connectivity index is 1.80. The molecule has 2 heterocycles. The second-order valence-electron chi connectivity index (χ2n) is 9.16. The smallest absolute Gasteiger partial charge is 0.123 e. The van der Waals surface area contributed by atoms with E-state index in [1.54, 1.807) is 12.1 Å². The Labute approximate surface area is 197 Å². The Hall–Kier alpha value is -2.98. The number of nitrogens with zero attached hydrogens (tertiary/aromatic N) is 2. The Morgan fingerprint density at radius 3 is 2.48 bits per heavy atom. The number of hydrogen-bond acceptors (Lipinski definition) is 3. The number of benzene rings is 2. The zero-order chi connectivity index (χ0) is 23.4. The molecule has 33 heavy (non-hydrogen) atoms. The van der Waals surface area contributed by atoms with Gasteiger partial charge >= 0.3 is 0 Å². The van der Waals surface area contributed by atoms with Crippen LogP contribution in [0.15, 0.2) is 54.9 Å². The Morgan fingerprint density at radius 1 is 1.09 bits per heavy atom. The van der Waals surface area contributed by atoms with Gasteiger partial charge in [0.2, 0.25) is 0 Å². The van der Waals surface area contributed by atoms with Gasteiger partial charge < -0.3 is 10.2 Å². The van der Waals surface area contributed by atoms with Gasteiger partial charge in [-0.3, -0.25) is 4.98 Å². The largest absolute Gasteiger partial charge is 0.370 e. The quantitative estimate of drug-likeness (QED) is 0.463. The lowest BCUT2D eigenvalue weighted by Gasteiger charge is -2.36. The number of nitrogens with one attached hydrogen (secondary N) is 1. The van der Waals surface area contributed by atoms with Gasteiger partial charge in [-0.15, -0.1) is 0 Å². The third-order valence-corrected chi connectivity index (χ3v) is 6.43. The van der Waals surface area contributed by atoms with E-state index in [0.717, 1.165) is 54.7 Å². The highest BCUT2D eigenvalue weighted by molar-refractivity contribution is 5.90. The highest BCUT2D eigenvalue weighted by Gasteiger charge is 2.23. The third kappa shape index (κ3) is 5.51. The van der Waals surface area contributed by atoms with Crippen molar-refractivity contribution in [2.24, 2.45) is 0 Å². The minimum atomic E-state index is -0.215. The molecule has 3 nitrogen and oxygen atoms in total. The van der Waals surface area contributed by atoms with E-state index in [2.05, 4.69) is 60.2 Å². The molecule has 1 aliphatic rings. The normalized spacial score (nSPS) is 15.2. The monoisotopic (exact) mass is 443 g/mol. The summed E-state index contributed by atoms with van der Waals surface area (Å²) in [6.07, 6.45) is 8.33. The van der Waals surface area contributed by atoms with Crippen LogP contribution in [0.25, 0.3) is 22.8 Å². The highest BCUT2D eigenvalue weighted by atomic mass is 19.1. The summed E-state index contributed by atoms with van der Waals surface area (Å²) in [5, 5.41) is 3.60. The highest BCUT2D eigenvalue weighted by Crippen LogP contribution is 2.37. The number of aromatic nitrogens is 1. The first-order valence-corrected chi connectivity index (χ1v) is 11.9. The van der Waals surface area contributed by atoms with Crippen LogP contribution in [0, 0.1) is 19.7 Å². The molecule has 4 rings (SSSR count). The number of pyridine rings is 1. The Morgan fingerprint density at radius 2 is 1.82 bits per heavy atom. The van der Waals surface area contributed by atoms with Crippen molar-refractivity contribution in [2.75, 3.05) is 24.5 Å². The van der Waals surface area contributed by atoms with Crippen LogP contribution in [-0.2, 0) is 0 Å². The average molecular weight is 444 g/mol. The average Bonchev–Trinajstić information content (AvgIpc) is 2.79. The van der Waals surface area contributed by atoms with Crippen LogP contribution >= 0.6 is 0 Å². The minimum Gasteiger partial charge on any atom is -0.370 e. The number of halogens is 1. The molecule has 3 aromatic rings. The van der Waals surface area contributed by atoms with Crippen LogP contribution in [0.5, 0.6) is 0 Å². The van der Waals surface area contributed by atoms with E-state index in [4.69, 9.17) is 0 Å². The number of hydrogen-bond donors (Lipinski definition) is 1. The lowest BCUT2D eigenvalue weighted by Crippen LogP contribution is -2.42. The van der Waals surface area contributed by atoms with E-state index in [1.165, 1.54) is 28.4 Å². The second kappa shape index (κ2) is 10.3. The topological polar surface area (TPSA) is 28.2 Å². The van der Waals surface area contributed by atoms with E-state index >= 15 is 0 Å². The van der Waals surface area contributed by atoms with Crippen molar-refractivity contribution < 1.29 is 4.39 Å². The van der Waals surface area contributed by atoms with E-state index in [0.29, 0.717) is 6.04 Å². The molecule has 1 N–H and O–H groups in total. The maximum atomic E-state index is 13.8. The maximum Gasteiger partial charge on any atom is 0.123 e. The van der Waals surface area contributed by atoms with Crippen LogP contribution in [-0.4, -0.2) is 30.7 Å². The zero-order valence-electron chi connectivity index (χ0n) is 20.2. The number of aryl methyl sites for hydroxylation is 2. The van der Waals surface area contributed by atoms with Gasteiger partial charge in [0.15, 0.2) is 0 Å². The zero-order valence-corrected chi connectivity index (χ0v) is 20.2. The third-order valence-electron chi connectivity index (χ3n) is 6.43. The van der Waals surface area contributed by atoms with E-state index in [9.17, 15) is 4.39 Å². The molecule has 0 spiro atoms. The number of anilines is 1. The molecule has 172 valence electrons. The van der Waals surface area contributed by atoms with Gasteiger partial charge in [-0.25, -0.2) is 4.39 Å². The number of piperidine rings is 1. The molecule has 1 saturated heterocycles. The molecule has 0 aliphatic carbocycles. The molecular formula is C29H34FN3. The summed E-state index contributed by atoms with van der Waals surface area (Å²) in [5.41, 5.74) is 9.07. The summed E-state index contributed by atoms with van der Waals surface area (Å²) in [4.78, 5) is 7.13. The Bertz CT molecular complexity index is 1120. The van der Waals surface area contributed by atoms with Gasteiger partial charge in [0.1, 0.15) is 5.82 Å². The molecule has 0 bridgehead atoms. The summed E-state index contributed by atoms with van der Waals surface area (Å²) in [7, 11) is 0. The summed E-state index contributed by atoms with van der Waals surface area (Å²) >= 11 is 0. The van der Waals surface area contributed by atoms with Crippen LogP contribution in [0.2, 0.25) is 0 Å². The molecule has 4 heteroatoms. The molecule has 1 fully saturated rings. The fraction of sp³-hybridized carbons (Fsp3) is 0.345. The van der Waals surface area contributed by atoms with Crippen molar-refractivity contribution in [2.45, 2.75) is 46.6 Å².